The summed E-state index contributed by atoms with van der Waals surface area (Å²) >= 11 is 17.6. The summed E-state index contributed by atoms with van der Waals surface area (Å²) < 4.78 is 27.2. The van der Waals surface area contributed by atoms with E-state index < -0.39 is 58.9 Å². The fourth-order valence-electron chi connectivity index (χ4n) is 4.93. The van der Waals surface area contributed by atoms with Crippen molar-refractivity contribution in [2.75, 3.05) is 6.61 Å². The number of halogens is 3. The maximum Gasteiger partial charge on any atom is 0.338 e. The largest absolute Gasteiger partial charge is 0.459 e. The summed E-state index contributed by atoms with van der Waals surface area (Å²) in [4.78, 5) is 29.2. The van der Waals surface area contributed by atoms with Crippen molar-refractivity contribution in [3.8, 4) is 0 Å². The second-order valence-corrected chi connectivity index (χ2v) is 12.6. The van der Waals surface area contributed by atoms with E-state index in [-0.39, 0.29) is 17.7 Å². The van der Waals surface area contributed by atoms with Gasteiger partial charge in [-0.1, -0.05) is 113 Å². The molecule has 5 rings (SSSR count). The van der Waals surface area contributed by atoms with Crippen LogP contribution in [0.5, 0.6) is 0 Å². The number of nitrogens with one attached hydrogen (secondary N) is 1. The number of alkyl halides is 3. The number of esters is 2. The summed E-state index contributed by atoms with van der Waals surface area (Å²) in [6.07, 6.45) is -5.38. The smallest absolute Gasteiger partial charge is 0.338 e. The number of rotatable bonds is 10. The number of benzene rings is 4. The Balaban J connectivity index is 1.50. The Bertz CT molecular complexity index is 1770. The molecule has 11 nitrogen and oxygen atoms in total. The molecule has 1 aliphatic rings. The number of fused-ring (bicyclic) bond motifs is 1. The van der Waals surface area contributed by atoms with E-state index in [9.17, 15) is 15.1 Å². The molecule has 14 heteroatoms. The molecule has 1 N–H and O–H groups in total. The highest BCUT2D eigenvalue weighted by molar-refractivity contribution is 6.76. The molecule has 0 radical (unpaired) electrons. The molecule has 0 saturated carbocycles. The molecular formula is C33H27Cl3N4O7. The fraction of sp³-hybridized carbons (Fsp3) is 0.242. The first-order chi connectivity index (χ1) is 22.6. The summed E-state index contributed by atoms with van der Waals surface area (Å²) in [5.41, 5.74) is 10.8. The Labute approximate surface area is 284 Å². The standard InChI is InChI=1S/C33H27Cl3N4O7/c34-33(35,36)32(37)47-31-26(39-40-38)28(46-30(42)23-12-5-2-6-13-23)27(25(45-31)19-44-29(41)22-10-3-1-4-11-22)43-18-20-15-16-21-9-7-8-14-24(21)17-20/h1-17,25-28,31,37H,18-19H2/t25-,26-,27-,28-,31?/m1/s1. The lowest BCUT2D eigenvalue weighted by molar-refractivity contribution is -0.255. The number of ether oxygens (including phenoxy) is 5. The molecule has 0 aliphatic carbocycles. The van der Waals surface area contributed by atoms with Gasteiger partial charge in [-0.2, -0.15) is 0 Å². The van der Waals surface area contributed by atoms with Crippen molar-refractivity contribution in [3.63, 3.8) is 0 Å². The Morgan fingerprint density at radius 1 is 0.830 bits per heavy atom. The lowest BCUT2D eigenvalue weighted by Crippen LogP contribution is -2.61. The predicted molar refractivity (Wildman–Crippen MR) is 176 cm³/mol. The summed E-state index contributed by atoms with van der Waals surface area (Å²) in [7, 11) is 0. The van der Waals surface area contributed by atoms with E-state index >= 15 is 0 Å². The summed E-state index contributed by atoms with van der Waals surface area (Å²) in [5.74, 6) is -2.29. The average molecular weight is 698 g/mol. The fourth-order valence-corrected chi connectivity index (χ4v) is 5.06. The molecule has 1 heterocycles. The van der Waals surface area contributed by atoms with Crippen molar-refractivity contribution in [3.05, 3.63) is 130 Å². The molecule has 4 aromatic rings. The summed E-state index contributed by atoms with van der Waals surface area (Å²) in [6.45, 7) is -0.417. The summed E-state index contributed by atoms with van der Waals surface area (Å²) in [5, 5.41) is 13.9. The second kappa shape index (κ2) is 15.5. The molecule has 5 atom stereocenters. The summed E-state index contributed by atoms with van der Waals surface area (Å²) in [6, 6.07) is 28.5. The third-order valence-corrected chi connectivity index (χ3v) is 7.70. The van der Waals surface area contributed by atoms with Gasteiger partial charge in [0.1, 0.15) is 31.0 Å². The SMILES string of the molecule is [N-]=[N+]=N[C@H]1C(OC(=N)C(Cl)(Cl)Cl)O[C@H](COC(=O)c2ccccc2)[C@@H](OCc2ccc3ccccc3c2)[C@@H]1OC(=O)c1ccccc1. The van der Waals surface area contributed by atoms with E-state index in [4.69, 9.17) is 63.9 Å². The maximum atomic E-state index is 13.4. The lowest BCUT2D eigenvalue weighted by atomic mass is 9.96. The van der Waals surface area contributed by atoms with Gasteiger partial charge < -0.3 is 23.7 Å². The van der Waals surface area contributed by atoms with Crippen LogP contribution in [0.3, 0.4) is 0 Å². The quantitative estimate of drug-likeness (QED) is 0.0341. The van der Waals surface area contributed by atoms with Crippen molar-refractivity contribution >= 4 is 63.4 Å². The van der Waals surface area contributed by atoms with Gasteiger partial charge in [-0.05, 0) is 52.2 Å². The van der Waals surface area contributed by atoms with E-state index in [2.05, 4.69) is 10.0 Å². The van der Waals surface area contributed by atoms with Gasteiger partial charge in [-0.15, -0.1) is 0 Å². The predicted octanol–water partition coefficient (Wildman–Crippen LogP) is 7.58. The van der Waals surface area contributed by atoms with Gasteiger partial charge >= 0.3 is 11.9 Å². The number of azide groups is 1. The number of nitrogens with zero attached hydrogens (tertiary/aromatic N) is 3. The van der Waals surface area contributed by atoms with Crippen LogP contribution in [0.2, 0.25) is 0 Å². The van der Waals surface area contributed by atoms with E-state index in [0.29, 0.717) is 0 Å². The van der Waals surface area contributed by atoms with Gasteiger partial charge in [0.25, 0.3) is 3.79 Å². The normalized spacial score (nSPS) is 20.9. The Hall–Kier alpha value is -4.35. The maximum absolute atomic E-state index is 13.4. The average Bonchev–Trinajstić information content (AvgIpc) is 3.08. The molecule has 4 aromatic carbocycles. The first-order valence-electron chi connectivity index (χ1n) is 14.2. The van der Waals surface area contributed by atoms with Gasteiger partial charge in [0.15, 0.2) is 0 Å². The van der Waals surface area contributed by atoms with Crippen LogP contribution < -0.4 is 0 Å². The van der Waals surface area contributed by atoms with E-state index in [1.807, 2.05) is 42.5 Å². The minimum Gasteiger partial charge on any atom is -0.459 e. The van der Waals surface area contributed by atoms with Crippen LogP contribution in [0.15, 0.2) is 108 Å². The molecule has 0 aromatic heterocycles. The molecule has 0 bridgehead atoms. The molecule has 1 unspecified atom stereocenters. The molecule has 1 fully saturated rings. The number of carbonyl (C=O) groups excluding carboxylic acids is 2. The van der Waals surface area contributed by atoms with Crippen molar-refractivity contribution < 1.29 is 33.3 Å². The van der Waals surface area contributed by atoms with E-state index in [0.717, 1.165) is 16.3 Å². The third-order valence-electron chi connectivity index (χ3n) is 7.19. The third kappa shape index (κ3) is 8.72. The van der Waals surface area contributed by atoms with Crippen LogP contribution in [-0.4, -0.2) is 58.9 Å². The first kappa shape index (κ1) is 34.0. The van der Waals surface area contributed by atoms with Crippen molar-refractivity contribution in [1.29, 1.82) is 5.41 Å². The highest BCUT2D eigenvalue weighted by Gasteiger charge is 2.51. The second-order valence-electron chi connectivity index (χ2n) is 10.3. The molecular weight excluding hydrogens is 671 g/mol. The molecule has 0 spiro atoms. The Morgan fingerprint density at radius 3 is 2.09 bits per heavy atom. The van der Waals surface area contributed by atoms with Crippen LogP contribution in [0.25, 0.3) is 21.2 Å². The Morgan fingerprint density at radius 2 is 1.45 bits per heavy atom. The minimum atomic E-state index is -2.31. The monoisotopic (exact) mass is 696 g/mol. The molecule has 242 valence electrons. The van der Waals surface area contributed by atoms with Gasteiger partial charge in [0.2, 0.25) is 12.2 Å². The number of hydrogen-bond acceptors (Lipinski definition) is 9. The lowest BCUT2D eigenvalue weighted by Gasteiger charge is -2.44. The Kier molecular flexibility index (Phi) is 11.2. The van der Waals surface area contributed by atoms with Crippen molar-refractivity contribution in [2.24, 2.45) is 5.11 Å². The molecule has 1 saturated heterocycles. The molecule has 0 amide bonds. The van der Waals surface area contributed by atoms with Crippen molar-refractivity contribution in [1.82, 2.24) is 0 Å². The zero-order chi connectivity index (χ0) is 33.4. The zero-order valence-corrected chi connectivity index (χ0v) is 26.7. The molecule has 47 heavy (non-hydrogen) atoms. The number of carbonyl (C=O) groups is 2. The van der Waals surface area contributed by atoms with Gasteiger partial charge in [0, 0.05) is 4.91 Å². The highest BCUT2D eigenvalue weighted by atomic mass is 35.6. The van der Waals surface area contributed by atoms with E-state index in [1.54, 1.807) is 60.7 Å². The van der Waals surface area contributed by atoms with Gasteiger partial charge in [0.05, 0.1) is 17.7 Å². The first-order valence-corrected chi connectivity index (χ1v) is 15.4. The van der Waals surface area contributed by atoms with Crippen LogP contribution >= 0.6 is 34.8 Å². The van der Waals surface area contributed by atoms with Crippen LogP contribution in [-0.2, 0) is 30.3 Å². The van der Waals surface area contributed by atoms with Crippen molar-refractivity contribution in [2.45, 2.75) is 41.0 Å². The zero-order valence-electron chi connectivity index (χ0n) is 24.4. The molecule has 1 aliphatic heterocycles. The van der Waals surface area contributed by atoms with Crippen LogP contribution in [0.4, 0.5) is 0 Å². The van der Waals surface area contributed by atoms with Gasteiger partial charge in [-0.25, -0.2) is 9.59 Å². The number of hydrogen-bond donors (Lipinski definition) is 1. The topological polar surface area (TPSA) is 153 Å². The van der Waals surface area contributed by atoms with Crippen LogP contribution in [0.1, 0.15) is 26.3 Å². The van der Waals surface area contributed by atoms with Crippen LogP contribution in [0, 0.1) is 5.41 Å². The van der Waals surface area contributed by atoms with E-state index in [1.165, 1.54) is 0 Å². The minimum absolute atomic E-state index is 0.000137. The highest BCUT2D eigenvalue weighted by Crippen LogP contribution is 2.34. The van der Waals surface area contributed by atoms with Gasteiger partial charge in [-0.3, -0.25) is 5.41 Å².